The van der Waals surface area contributed by atoms with E-state index in [-0.39, 0.29) is 11.5 Å². The van der Waals surface area contributed by atoms with Gasteiger partial charge < -0.3 is 19.8 Å². The van der Waals surface area contributed by atoms with Crippen molar-refractivity contribution in [2.45, 2.75) is 13.8 Å². The Balaban J connectivity index is 1.92. The van der Waals surface area contributed by atoms with E-state index < -0.39 is 0 Å². The van der Waals surface area contributed by atoms with Crippen LogP contribution in [0.2, 0.25) is 0 Å². The first kappa shape index (κ1) is 22.7. The van der Waals surface area contributed by atoms with Gasteiger partial charge in [-0.2, -0.15) is 0 Å². The Morgan fingerprint density at radius 2 is 1.45 bits per heavy atom. The third-order valence-electron chi connectivity index (χ3n) is 5.22. The van der Waals surface area contributed by atoms with E-state index in [1.807, 2.05) is 54.6 Å². The second kappa shape index (κ2) is 10.9. The summed E-state index contributed by atoms with van der Waals surface area (Å²) < 4.78 is 5.90. The van der Waals surface area contributed by atoms with Gasteiger partial charge in [0.15, 0.2) is 11.5 Å². The summed E-state index contributed by atoms with van der Waals surface area (Å²) in [6.45, 7) is 7.80. The molecule has 0 aromatic heterocycles. The minimum absolute atomic E-state index is 0.170. The summed E-state index contributed by atoms with van der Waals surface area (Å²) in [4.78, 5) is 2.31. The lowest BCUT2D eigenvalue weighted by atomic mass is 9.95. The van der Waals surface area contributed by atoms with E-state index in [1.54, 1.807) is 6.07 Å². The molecule has 0 aliphatic carbocycles. The van der Waals surface area contributed by atoms with Crippen LogP contribution < -0.4 is 4.74 Å². The Hall–Kier alpha value is -2.95. The molecule has 0 saturated carbocycles. The van der Waals surface area contributed by atoms with Gasteiger partial charge in [0.05, 0.1) is 5.03 Å². The normalized spacial score (nSPS) is 12.0. The van der Waals surface area contributed by atoms with Crippen LogP contribution in [0.4, 0.5) is 0 Å². The van der Waals surface area contributed by atoms with Crippen LogP contribution in [0.3, 0.4) is 0 Å². The molecule has 0 aliphatic heterocycles. The standard InChI is InChI=1S/C26H28ClNO3/c1-3-28(4-2)16-17-31-22-13-10-19(11-14-22)25(21-12-15-23(29)24(30)18-21)26(27)20-8-6-5-7-9-20/h5-15,18,29-30H,3-4,16-17H2,1-2H3/b26-25-. The molecule has 31 heavy (non-hydrogen) atoms. The number of hydrogen-bond donors (Lipinski definition) is 2. The zero-order valence-electron chi connectivity index (χ0n) is 17.9. The van der Waals surface area contributed by atoms with Gasteiger partial charge in [0, 0.05) is 12.1 Å². The van der Waals surface area contributed by atoms with Gasteiger partial charge in [0.2, 0.25) is 0 Å². The van der Waals surface area contributed by atoms with Crippen molar-refractivity contribution in [3.63, 3.8) is 0 Å². The number of phenolic OH excluding ortho intramolecular Hbond substituents is 2. The molecule has 0 aliphatic rings. The number of halogens is 1. The zero-order valence-corrected chi connectivity index (χ0v) is 18.6. The van der Waals surface area contributed by atoms with Crippen LogP contribution in [-0.2, 0) is 0 Å². The second-order valence-electron chi connectivity index (χ2n) is 7.16. The molecule has 0 fully saturated rings. The molecule has 0 heterocycles. The number of likely N-dealkylation sites (N-methyl/N-ethyl adjacent to an activating group) is 1. The third kappa shape index (κ3) is 5.81. The van der Waals surface area contributed by atoms with Crippen molar-refractivity contribution in [2.24, 2.45) is 0 Å². The number of aromatic hydroxyl groups is 2. The fourth-order valence-electron chi connectivity index (χ4n) is 3.38. The molecule has 3 aromatic carbocycles. The summed E-state index contributed by atoms with van der Waals surface area (Å²) in [5, 5.41) is 20.3. The van der Waals surface area contributed by atoms with E-state index >= 15 is 0 Å². The summed E-state index contributed by atoms with van der Waals surface area (Å²) in [5.41, 5.74) is 3.22. The van der Waals surface area contributed by atoms with E-state index in [1.165, 1.54) is 12.1 Å². The number of hydrogen-bond acceptors (Lipinski definition) is 4. The Morgan fingerprint density at radius 1 is 0.806 bits per heavy atom. The minimum atomic E-state index is -0.191. The average molecular weight is 438 g/mol. The van der Waals surface area contributed by atoms with Crippen molar-refractivity contribution in [1.29, 1.82) is 0 Å². The Bertz CT molecular complexity index is 1010. The molecule has 3 rings (SSSR count). The van der Waals surface area contributed by atoms with Gasteiger partial charge in [-0.15, -0.1) is 0 Å². The van der Waals surface area contributed by atoms with Crippen LogP contribution in [0, 0.1) is 0 Å². The molecule has 0 radical (unpaired) electrons. The summed E-state index contributed by atoms with van der Waals surface area (Å²) >= 11 is 6.82. The van der Waals surface area contributed by atoms with Crippen LogP contribution in [0.25, 0.3) is 10.6 Å². The molecule has 0 spiro atoms. The number of benzene rings is 3. The molecule has 3 aromatic rings. The Morgan fingerprint density at radius 3 is 2.06 bits per heavy atom. The maximum Gasteiger partial charge on any atom is 0.158 e. The van der Waals surface area contributed by atoms with E-state index in [0.29, 0.717) is 17.2 Å². The maximum absolute atomic E-state index is 10.0. The summed E-state index contributed by atoms with van der Waals surface area (Å²) in [7, 11) is 0. The first-order valence-corrected chi connectivity index (χ1v) is 10.8. The van der Waals surface area contributed by atoms with E-state index in [9.17, 15) is 10.2 Å². The molecule has 2 N–H and O–H groups in total. The zero-order chi connectivity index (χ0) is 22.2. The van der Waals surface area contributed by atoms with E-state index in [2.05, 4.69) is 18.7 Å². The van der Waals surface area contributed by atoms with Crippen LogP contribution in [-0.4, -0.2) is 41.4 Å². The molecular formula is C26H28ClNO3. The lowest BCUT2D eigenvalue weighted by Gasteiger charge is -2.18. The number of phenols is 2. The SMILES string of the molecule is CCN(CC)CCOc1ccc(/C(=C(/Cl)c2ccccc2)c2ccc(O)c(O)c2)cc1. The van der Waals surface area contributed by atoms with Gasteiger partial charge in [-0.25, -0.2) is 0 Å². The van der Waals surface area contributed by atoms with Gasteiger partial charge >= 0.3 is 0 Å². The summed E-state index contributed by atoms with van der Waals surface area (Å²) in [6.07, 6.45) is 0. The molecule has 0 unspecified atom stereocenters. The van der Waals surface area contributed by atoms with Crippen LogP contribution in [0.1, 0.15) is 30.5 Å². The van der Waals surface area contributed by atoms with Crippen molar-refractivity contribution in [1.82, 2.24) is 4.90 Å². The van der Waals surface area contributed by atoms with Crippen molar-refractivity contribution in [3.05, 3.63) is 89.5 Å². The highest BCUT2D eigenvalue weighted by atomic mass is 35.5. The smallest absolute Gasteiger partial charge is 0.158 e. The van der Waals surface area contributed by atoms with Gasteiger partial charge in [0.1, 0.15) is 12.4 Å². The van der Waals surface area contributed by atoms with E-state index in [4.69, 9.17) is 16.3 Å². The van der Waals surface area contributed by atoms with Crippen molar-refractivity contribution < 1.29 is 14.9 Å². The molecule has 5 heteroatoms. The highest BCUT2D eigenvalue weighted by molar-refractivity contribution is 6.53. The van der Waals surface area contributed by atoms with Crippen molar-refractivity contribution >= 4 is 22.2 Å². The molecule has 0 saturated heterocycles. The minimum Gasteiger partial charge on any atom is -0.504 e. The molecule has 162 valence electrons. The topological polar surface area (TPSA) is 52.9 Å². The quantitative estimate of drug-likeness (QED) is 0.319. The number of nitrogens with zero attached hydrogens (tertiary/aromatic N) is 1. The Kier molecular flexibility index (Phi) is 7.99. The van der Waals surface area contributed by atoms with Crippen molar-refractivity contribution in [2.75, 3.05) is 26.2 Å². The van der Waals surface area contributed by atoms with Crippen LogP contribution >= 0.6 is 11.6 Å². The number of rotatable bonds is 9. The molecule has 4 nitrogen and oxygen atoms in total. The van der Waals surface area contributed by atoms with Crippen LogP contribution in [0.15, 0.2) is 72.8 Å². The highest BCUT2D eigenvalue weighted by Gasteiger charge is 2.14. The predicted octanol–water partition coefficient (Wildman–Crippen LogP) is 5.97. The lowest BCUT2D eigenvalue weighted by molar-refractivity contribution is 0.223. The van der Waals surface area contributed by atoms with Gasteiger partial charge in [-0.05, 0) is 54.0 Å². The predicted molar refractivity (Wildman–Crippen MR) is 128 cm³/mol. The van der Waals surface area contributed by atoms with Crippen molar-refractivity contribution in [3.8, 4) is 17.2 Å². The van der Waals surface area contributed by atoms with E-state index in [0.717, 1.165) is 42.1 Å². The van der Waals surface area contributed by atoms with Crippen LogP contribution in [0.5, 0.6) is 17.2 Å². The summed E-state index contributed by atoms with van der Waals surface area (Å²) in [5.74, 6) is 0.430. The fourth-order valence-corrected chi connectivity index (χ4v) is 3.72. The molecule has 0 amide bonds. The molecular weight excluding hydrogens is 410 g/mol. The monoisotopic (exact) mass is 437 g/mol. The van der Waals surface area contributed by atoms with Gasteiger partial charge in [-0.3, -0.25) is 0 Å². The number of ether oxygens (including phenoxy) is 1. The third-order valence-corrected chi connectivity index (χ3v) is 5.63. The Labute approximate surface area is 189 Å². The lowest BCUT2D eigenvalue weighted by Crippen LogP contribution is -2.27. The molecule has 0 bridgehead atoms. The summed E-state index contributed by atoms with van der Waals surface area (Å²) in [6, 6.07) is 22.1. The largest absolute Gasteiger partial charge is 0.504 e. The van der Waals surface area contributed by atoms with Gasteiger partial charge in [0.25, 0.3) is 0 Å². The highest BCUT2D eigenvalue weighted by Crippen LogP contribution is 2.38. The fraction of sp³-hybridized carbons (Fsp3) is 0.231. The second-order valence-corrected chi connectivity index (χ2v) is 7.54. The van der Waals surface area contributed by atoms with Gasteiger partial charge in [-0.1, -0.05) is 74.0 Å². The first-order chi connectivity index (χ1) is 15.0. The average Bonchev–Trinajstić information content (AvgIpc) is 2.80. The molecule has 0 atom stereocenters. The maximum atomic E-state index is 10.0. The first-order valence-electron chi connectivity index (χ1n) is 10.5.